The SMILES string of the molecule is CCNCCNC(=O)c1cnn(-c2ccccc2)n1. The van der Waals surface area contributed by atoms with Crippen LogP contribution < -0.4 is 10.6 Å². The van der Waals surface area contributed by atoms with E-state index in [4.69, 9.17) is 0 Å². The highest BCUT2D eigenvalue weighted by molar-refractivity contribution is 5.91. The number of benzene rings is 1. The normalized spacial score (nSPS) is 10.4. The van der Waals surface area contributed by atoms with Crippen LogP contribution in [-0.2, 0) is 0 Å². The minimum absolute atomic E-state index is 0.208. The Morgan fingerprint density at radius 2 is 2.05 bits per heavy atom. The van der Waals surface area contributed by atoms with Crippen LogP contribution in [0, 0.1) is 0 Å². The molecule has 2 aromatic rings. The predicted octanol–water partition coefficient (Wildman–Crippen LogP) is 0.607. The van der Waals surface area contributed by atoms with Crippen LogP contribution in [0.2, 0.25) is 0 Å². The summed E-state index contributed by atoms with van der Waals surface area (Å²) in [6.07, 6.45) is 1.47. The van der Waals surface area contributed by atoms with Crippen molar-refractivity contribution in [1.82, 2.24) is 25.6 Å². The number of para-hydroxylation sites is 1. The van der Waals surface area contributed by atoms with Gasteiger partial charge in [0.05, 0.1) is 11.9 Å². The number of hydrogen-bond acceptors (Lipinski definition) is 4. The second-order valence-electron chi connectivity index (χ2n) is 3.96. The number of amides is 1. The molecule has 1 aromatic carbocycles. The van der Waals surface area contributed by atoms with E-state index in [1.165, 1.54) is 11.0 Å². The lowest BCUT2D eigenvalue weighted by atomic mass is 10.3. The first kappa shape index (κ1) is 13.2. The maximum atomic E-state index is 11.8. The number of rotatable bonds is 6. The van der Waals surface area contributed by atoms with Crippen LogP contribution in [0.3, 0.4) is 0 Å². The van der Waals surface area contributed by atoms with E-state index in [1.807, 2.05) is 37.3 Å². The van der Waals surface area contributed by atoms with Crippen molar-refractivity contribution >= 4 is 5.91 Å². The zero-order chi connectivity index (χ0) is 13.5. The summed E-state index contributed by atoms with van der Waals surface area (Å²) in [4.78, 5) is 13.2. The van der Waals surface area contributed by atoms with E-state index in [9.17, 15) is 4.79 Å². The molecule has 100 valence electrons. The molecule has 0 unspecified atom stereocenters. The maximum absolute atomic E-state index is 11.8. The molecule has 1 heterocycles. The highest BCUT2D eigenvalue weighted by Gasteiger charge is 2.10. The molecule has 2 rings (SSSR count). The summed E-state index contributed by atoms with van der Waals surface area (Å²) in [7, 11) is 0. The minimum Gasteiger partial charge on any atom is -0.349 e. The first-order valence-electron chi connectivity index (χ1n) is 6.28. The Morgan fingerprint density at radius 3 is 2.79 bits per heavy atom. The largest absolute Gasteiger partial charge is 0.349 e. The molecule has 0 bridgehead atoms. The lowest BCUT2D eigenvalue weighted by Gasteiger charge is -2.02. The lowest BCUT2D eigenvalue weighted by molar-refractivity contribution is 0.0948. The topological polar surface area (TPSA) is 71.8 Å². The van der Waals surface area contributed by atoms with Crippen molar-refractivity contribution in [3.63, 3.8) is 0 Å². The maximum Gasteiger partial charge on any atom is 0.273 e. The van der Waals surface area contributed by atoms with Crippen LogP contribution in [0.4, 0.5) is 0 Å². The van der Waals surface area contributed by atoms with Crippen molar-refractivity contribution in [3.8, 4) is 5.69 Å². The van der Waals surface area contributed by atoms with Gasteiger partial charge in [-0.3, -0.25) is 4.79 Å². The van der Waals surface area contributed by atoms with E-state index in [-0.39, 0.29) is 5.91 Å². The molecule has 1 aromatic heterocycles. The second-order valence-corrected chi connectivity index (χ2v) is 3.96. The lowest BCUT2D eigenvalue weighted by Crippen LogP contribution is -2.32. The van der Waals surface area contributed by atoms with Gasteiger partial charge in [-0.05, 0) is 18.7 Å². The first-order chi connectivity index (χ1) is 9.31. The molecule has 6 nitrogen and oxygen atoms in total. The highest BCUT2D eigenvalue weighted by Crippen LogP contribution is 2.03. The van der Waals surface area contributed by atoms with Crippen molar-refractivity contribution < 1.29 is 4.79 Å². The minimum atomic E-state index is -0.208. The van der Waals surface area contributed by atoms with Crippen LogP contribution in [0.15, 0.2) is 36.5 Å². The Hall–Kier alpha value is -2.21. The highest BCUT2D eigenvalue weighted by atomic mass is 16.2. The predicted molar refractivity (Wildman–Crippen MR) is 72.2 cm³/mol. The van der Waals surface area contributed by atoms with E-state index in [2.05, 4.69) is 20.8 Å². The summed E-state index contributed by atoms with van der Waals surface area (Å²) >= 11 is 0. The monoisotopic (exact) mass is 259 g/mol. The Labute approximate surface area is 111 Å². The van der Waals surface area contributed by atoms with Crippen LogP contribution in [0.1, 0.15) is 17.4 Å². The van der Waals surface area contributed by atoms with Crippen molar-refractivity contribution in [2.24, 2.45) is 0 Å². The average molecular weight is 259 g/mol. The smallest absolute Gasteiger partial charge is 0.273 e. The number of nitrogens with one attached hydrogen (secondary N) is 2. The molecule has 0 atom stereocenters. The van der Waals surface area contributed by atoms with Gasteiger partial charge < -0.3 is 10.6 Å². The standard InChI is InChI=1S/C13H17N5O/c1-2-14-8-9-15-13(19)12-10-16-18(17-12)11-6-4-3-5-7-11/h3-7,10,14H,2,8-9H2,1H3,(H,15,19). The number of carbonyl (C=O) groups is 1. The molecule has 0 aliphatic carbocycles. The van der Waals surface area contributed by atoms with Crippen LogP contribution in [0.25, 0.3) is 5.69 Å². The summed E-state index contributed by atoms with van der Waals surface area (Å²) < 4.78 is 0. The van der Waals surface area contributed by atoms with E-state index in [0.717, 1.165) is 18.8 Å². The van der Waals surface area contributed by atoms with Crippen LogP contribution in [-0.4, -0.2) is 40.5 Å². The summed E-state index contributed by atoms with van der Waals surface area (Å²) in [5, 5.41) is 14.1. The second kappa shape index (κ2) is 6.65. The van der Waals surface area contributed by atoms with Gasteiger partial charge in [-0.25, -0.2) is 0 Å². The van der Waals surface area contributed by atoms with Gasteiger partial charge in [-0.15, -0.1) is 5.10 Å². The number of likely N-dealkylation sites (N-methyl/N-ethyl adjacent to an activating group) is 1. The Kier molecular flexibility index (Phi) is 4.63. The molecular weight excluding hydrogens is 242 g/mol. The van der Waals surface area contributed by atoms with Gasteiger partial charge >= 0.3 is 0 Å². The number of carbonyl (C=O) groups excluding carboxylic acids is 1. The molecule has 0 aliphatic rings. The fourth-order valence-electron chi connectivity index (χ4n) is 1.58. The molecule has 0 spiro atoms. The van der Waals surface area contributed by atoms with E-state index >= 15 is 0 Å². The molecular formula is C13H17N5O. The molecule has 1 amide bonds. The van der Waals surface area contributed by atoms with Gasteiger partial charge in [0, 0.05) is 13.1 Å². The fraction of sp³-hybridized carbons (Fsp3) is 0.308. The molecule has 0 radical (unpaired) electrons. The summed E-state index contributed by atoms with van der Waals surface area (Å²) in [5.74, 6) is -0.208. The quantitative estimate of drug-likeness (QED) is 0.745. The fourth-order valence-corrected chi connectivity index (χ4v) is 1.58. The number of aromatic nitrogens is 3. The van der Waals surface area contributed by atoms with E-state index in [0.29, 0.717) is 12.2 Å². The van der Waals surface area contributed by atoms with Crippen molar-refractivity contribution in [3.05, 3.63) is 42.2 Å². The van der Waals surface area contributed by atoms with Crippen LogP contribution >= 0.6 is 0 Å². The molecule has 19 heavy (non-hydrogen) atoms. The van der Waals surface area contributed by atoms with E-state index in [1.54, 1.807) is 0 Å². The summed E-state index contributed by atoms with van der Waals surface area (Å²) in [5.41, 5.74) is 1.15. The van der Waals surface area contributed by atoms with Gasteiger partial charge in [-0.1, -0.05) is 25.1 Å². The third kappa shape index (κ3) is 3.62. The number of hydrogen-bond donors (Lipinski definition) is 2. The van der Waals surface area contributed by atoms with Gasteiger partial charge in [0.15, 0.2) is 5.69 Å². The van der Waals surface area contributed by atoms with E-state index < -0.39 is 0 Å². The molecule has 2 N–H and O–H groups in total. The van der Waals surface area contributed by atoms with Gasteiger partial charge in [0.2, 0.25) is 0 Å². The molecule has 0 fully saturated rings. The summed E-state index contributed by atoms with van der Waals surface area (Å²) in [6, 6.07) is 9.48. The third-order valence-electron chi connectivity index (χ3n) is 2.55. The van der Waals surface area contributed by atoms with Crippen molar-refractivity contribution in [2.75, 3.05) is 19.6 Å². The van der Waals surface area contributed by atoms with Crippen molar-refractivity contribution in [1.29, 1.82) is 0 Å². The van der Waals surface area contributed by atoms with Crippen LogP contribution in [0.5, 0.6) is 0 Å². The van der Waals surface area contributed by atoms with Gasteiger partial charge in [0.1, 0.15) is 0 Å². The molecule has 0 aliphatic heterocycles. The average Bonchev–Trinajstić information content (AvgIpc) is 2.94. The number of nitrogens with zero attached hydrogens (tertiary/aromatic N) is 3. The zero-order valence-corrected chi connectivity index (χ0v) is 10.8. The molecule has 6 heteroatoms. The third-order valence-corrected chi connectivity index (χ3v) is 2.55. The first-order valence-corrected chi connectivity index (χ1v) is 6.28. The Morgan fingerprint density at radius 1 is 1.26 bits per heavy atom. The Balaban J connectivity index is 1.95. The summed E-state index contributed by atoms with van der Waals surface area (Å²) in [6.45, 7) is 4.23. The molecule has 0 saturated heterocycles. The Bertz CT molecular complexity index is 523. The molecule has 0 saturated carbocycles. The van der Waals surface area contributed by atoms with Crippen molar-refractivity contribution in [2.45, 2.75) is 6.92 Å². The zero-order valence-electron chi connectivity index (χ0n) is 10.8. The van der Waals surface area contributed by atoms with Gasteiger partial charge in [-0.2, -0.15) is 9.90 Å². The van der Waals surface area contributed by atoms with Gasteiger partial charge in [0.25, 0.3) is 5.91 Å².